The largest absolute Gasteiger partial charge is 0.486 e. The summed E-state index contributed by atoms with van der Waals surface area (Å²) >= 11 is 0. The van der Waals surface area contributed by atoms with Crippen LogP contribution in [0.5, 0.6) is 11.5 Å². The standard InChI is InChI=1S/C19H23NO4S/c1-19(2,3)15-6-4-14(5-7-15)13-20-25(21,22)16-8-9-17-18(12-16)24-11-10-23-17/h4-9,12,20H,10-11,13H2,1-3H3. The third-order valence-corrected chi connectivity index (χ3v) is 5.51. The van der Waals surface area contributed by atoms with E-state index in [-0.39, 0.29) is 16.9 Å². The molecule has 1 aliphatic rings. The second-order valence-corrected chi connectivity index (χ2v) is 8.84. The van der Waals surface area contributed by atoms with Crippen LogP contribution in [0.1, 0.15) is 31.9 Å². The summed E-state index contributed by atoms with van der Waals surface area (Å²) in [5.74, 6) is 1.03. The molecule has 1 aliphatic heterocycles. The molecule has 0 saturated heterocycles. The number of hydrogen-bond donors (Lipinski definition) is 1. The molecule has 0 aliphatic carbocycles. The van der Waals surface area contributed by atoms with Crippen molar-refractivity contribution >= 4 is 10.0 Å². The van der Waals surface area contributed by atoms with Crippen molar-refractivity contribution in [1.82, 2.24) is 4.72 Å². The Morgan fingerprint density at radius 3 is 2.24 bits per heavy atom. The van der Waals surface area contributed by atoms with E-state index >= 15 is 0 Å². The fourth-order valence-corrected chi connectivity index (χ4v) is 3.61. The Morgan fingerprint density at radius 1 is 0.960 bits per heavy atom. The molecule has 25 heavy (non-hydrogen) atoms. The van der Waals surface area contributed by atoms with Crippen molar-refractivity contribution < 1.29 is 17.9 Å². The van der Waals surface area contributed by atoms with Crippen LogP contribution in [0, 0.1) is 0 Å². The summed E-state index contributed by atoms with van der Waals surface area (Å²) < 4.78 is 38.5. The van der Waals surface area contributed by atoms with Crippen molar-refractivity contribution in [3.63, 3.8) is 0 Å². The molecule has 1 heterocycles. The molecule has 0 bridgehead atoms. The molecule has 134 valence electrons. The van der Waals surface area contributed by atoms with Crippen molar-refractivity contribution in [2.24, 2.45) is 0 Å². The van der Waals surface area contributed by atoms with E-state index in [4.69, 9.17) is 9.47 Å². The van der Waals surface area contributed by atoms with Crippen molar-refractivity contribution in [2.75, 3.05) is 13.2 Å². The minimum atomic E-state index is -3.62. The van der Waals surface area contributed by atoms with E-state index < -0.39 is 10.0 Å². The van der Waals surface area contributed by atoms with Crippen LogP contribution in [0.15, 0.2) is 47.4 Å². The average molecular weight is 361 g/mol. The maximum absolute atomic E-state index is 12.5. The van der Waals surface area contributed by atoms with Gasteiger partial charge in [-0.3, -0.25) is 0 Å². The summed E-state index contributed by atoms with van der Waals surface area (Å²) in [6.07, 6.45) is 0. The number of hydrogen-bond acceptors (Lipinski definition) is 4. The zero-order valence-electron chi connectivity index (χ0n) is 14.7. The lowest BCUT2D eigenvalue weighted by Gasteiger charge is -2.19. The van der Waals surface area contributed by atoms with Gasteiger partial charge in [0.15, 0.2) is 11.5 Å². The minimum Gasteiger partial charge on any atom is -0.486 e. The Labute approximate surface area is 149 Å². The van der Waals surface area contributed by atoms with Gasteiger partial charge in [0.25, 0.3) is 0 Å². The summed E-state index contributed by atoms with van der Waals surface area (Å²) in [5.41, 5.74) is 2.20. The number of benzene rings is 2. The fraction of sp³-hybridized carbons (Fsp3) is 0.368. The fourth-order valence-electron chi connectivity index (χ4n) is 2.58. The third kappa shape index (κ3) is 4.14. The van der Waals surface area contributed by atoms with Crippen LogP contribution in [0.2, 0.25) is 0 Å². The summed E-state index contributed by atoms with van der Waals surface area (Å²) in [5, 5.41) is 0. The molecule has 2 aromatic rings. The van der Waals surface area contributed by atoms with E-state index in [1.807, 2.05) is 24.3 Å². The summed E-state index contributed by atoms with van der Waals surface area (Å²) in [4.78, 5) is 0.170. The Kier molecular flexibility index (Phi) is 4.75. The predicted molar refractivity (Wildman–Crippen MR) is 96.6 cm³/mol. The molecule has 1 N–H and O–H groups in total. The highest BCUT2D eigenvalue weighted by Gasteiger charge is 2.19. The third-order valence-electron chi connectivity index (χ3n) is 4.11. The number of ether oxygens (including phenoxy) is 2. The van der Waals surface area contributed by atoms with Gasteiger partial charge in [-0.15, -0.1) is 0 Å². The lowest BCUT2D eigenvalue weighted by molar-refractivity contribution is 0.171. The Hall–Kier alpha value is -2.05. The van der Waals surface area contributed by atoms with Gasteiger partial charge in [-0.25, -0.2) is 13.1 Å². The predicted octanol–water partition coefficient (Wildman–Crippen LogP) is 3.23. The Balaban J connectivity index is 1.71. The van der Waals surface area contributed by atoms with E-state index in [0.717, 1.165) is 5.56 Å². The lowest BCUT2D eigenvalue weighted by atomic mass is 9.87. The monoisotopic (exact) mass is 361 g/mol. The molecule has 0 aromatic heterocycles. The molecule has 5 nitrogen and oxygen atoms in total. The molecule has 3 rings (SSSR count). The van der Waals surface area contributed by atoms with Gasteiger partial charge in [-0.05, 0) is 28.7 Å². The Morgan fingerprint density at radius 2 is 1.60 bits per heavy atom. The minimum absolute atomic E-state index is 0.0727. The van der Waals surface area contributed by atoms with Crippen LogP contribution in [0.4, 0.5) is 0 Å². The van der Waals surface area contributed by atoms with Crippen molar-refractivity contribution in [2.45, 2.75) is 37.6 Å². The van der Waals surface area contributed by atoms with Crippen molar-refractivity contribution in [1.29, 1.82) is 0 Å². The number of rotatable bonds is 4. The SMILES string of the molecule is CC(C)(C)c1ccc(CNS(=O)(=O)c2ccc3c(c2)OCCO3)cc1. The van der Waals surface area contributed by atoms with Gasteiger partial charge in [0.1, 0.15) is 13.2 Å². The van der Waals surface area contributed by atoms with E-state index in [1.165, 1.54) is 17.7 Å². The van der Waals surface area contributed by atoms with Gasteiger partial charge in [-0.1, -0.05) is 45.0 Å². The summed E-state index contributed by atoms with van der Waals surface area (Å²) in [6.45, 7) is 7.57. The average Bonchev–Trinajstić information content (AvgIpc) is 2.59. The first-order valence-corrected chi connectivity index (χ1v) is 9.73. The first-order chi connectivity index (χ1) is 11.8. The zero-order chi connectivity index (χ0) is 18.1. The highest BCUT2D eigenvalue weighted by atomic mass is 32.2. The van der Waals surface area contributed by atoms with Crippen LogP contribution in [-0.2, 0) is 22.0 Å². The van der Waals surface area contributed by atoms with Crippen LogP contribution < -0.4 is 14.2 Å². The van der Waals surface area contributed by atoms with Crippen molar-refractivity contribution in [3.8, 4) is 11.5 Å². The van der Waals surface area contributed by atoms with E-state index in [0.29, 0.717) is 24.7 Å². The number of fused-ring (bicyclic) bond motifs is 1. The highest BCUT2D eigenvalue weighted by Crippen LogP contribution is 2.32. The topological polar surface area (TPSA) is 64.6 Å². The summed E-state index contributed by atoms with van der Waals surface area (Å²) in [6, 6.07) is 12.6. The zero-order valence-corrected chi connectivity index (χ0v) is 15.5. The Bertz CT molecular complexity index is 852. The van der Waals surface area contributed by atoms with Gasteiger partial charge in [-0.2, -0.15) is 0 Å². The molecule has 0 radical (unpaired) electrons. The van der Waals surface area contributed by atoms with Crippen LogP contribution in [-0.4, -0.2) is 21.6 Å². The van der Waals surface area contributed by atoms with E-state index in [1.54, 1.807) is 6.07 Å². The first kappa shape index (κ1) is 17.8. The second-order valence-electron chi connectivity index (χ2n) is 7.08. The molecule has 2 aromatic carbocycles. The molecule has 6 heteroatoms. The molecule has 0 atom stereocenters. The second kappa shape index (κ2) is 6.69. The van der Waals surface area contributed by atoms with Gasteiger partial charge >= 0.3 is 0 Å². The van der Waals surface area contributed by atoms with Crippen LogP contribution in [0.3, 0.4) is 0 Å². The maximum atomic E-state index is 12.5. The van der Waals surface area contributed by atoms with E-state index in [2.05, 4.69) is 25.5 Å². The molecule has 0 spiro atoms. The molecule has 0 saturated carbocycles. The molecule has 0 unspecified atom stereocenters. The van der Waals surface area contributed by atoms with Crippen LogP contribution >= 0.6 is 0 Å². The normalized spacial score (nSPS) is 14.4. The molecular formula is C19H23NO4S. The van der Waals surface area contributed by atoms with Gasteiger partial charge in [0, 0.05) is 12.6 Å². The molecular weight excluding hydrogens is 338 g/mol. The van der Waals surface area contributed by atoms with E-state index in [9.17, 15) is 8.42 Å². The first-order valence-electron chi connectivity index (χ1n) is 8.24. The lowest BCUT2D eigenvalue weighted by Crippen LogP contribution is -2.24. The van der Waals surface area contributed by atoms with Crippen molar-refractivity contribution in [3.05, 3.63) is 53.6 Å². The van der Waals surface area contributed by atoms with Crippen LogP contribution in [0.25, 0.3) is 0 Å². The molecule has 0 amide bonds. The van der Waals surface area contributed by atoms with Gasteiger partial charge in [0.05, 0.1) is 4.90 Å². The number of nitrogens with one attached hydrogen (secondary N) is 1. The highest BCUT2D eigenvalue weighted by molar-refractivity contribution is 7.89. The summed E-state index contributed by atoms with van der Waals surface area (Å²) in [7, 11) is -3.62. The quantitative estimate of drug-likeness (QED) is 0.908. The smallest absolute Gasteiger partial charge is 0.241 e. The maximum Gasteiger partial charge on any atom is 0.241 e. The van der Waals surface area contributed by atoms with Gasteiger partial charge < -0.3 is 9.47 Å². The number of sulfonamides is 1. The van der Waals surface area contributed by atoms with Gasteiger partial charge in [0.2, 0.25) is 10.0 Å². The molecule has 0 fully saturated rings.